The van der Waals surface area contributed by atoms with E-state index in [1.807, 2.05) is 6.92 Å². The Kier molecular flexibility index (Phi) is 6.63. The van der Waals surface area contributed by atoms with E-state index in [1.165, 1.54) is 4.88 Å². The number of hydrogen-bond donors (Lipinski definition) is 2. The van der Waals surface area contributed by atoms with Gasteiger partial charge < -0.3 is 15.8 Å². The molecule has 1 aliphatic rings. The van der Waals surface area contributed by atoms with Crippen molar-refractivity contribution < 1.29 is 9.53 Å². The molecule has 1 fully saturated rings. The lowest BCUT2D eigenvalue weighted by Gasteiger charge is -2.34. The van der Waals surface area contributed by atoms with Crippen LogP contribution in [0.4, 0.5) is 0 Å². The molecule has 0 saturated carbocycles. The maximum absolute atomic E-state index is 12.0. The molecule has 6 heteroatoms. The van der Waals surface area contributed by atoms with E-state index in [-0.39, 0.29) is 11.9 Å². The molecule has 0 spiro atoms. The van der Waals surface area contributed by atoms with Crippen molar-refractivity contribution in [2.75, 3.05) is 32.8 Å². The maximum atomic E-state index is 12.0. The number of thiophene rings is 1. The fourth-order valence-corrected chi connectivity index (χ4v) is 3.41. The second-order valence-electron chi connectivity index (χ2n) is 5.32. The zero-order valence-electron chi connectivity index (χ0n) is 12.6. The Morgan fingerprint density at radius 3 is 2.90 bits per heavy atom. The Hall–Kier alpha value is -0.950. The highest BCUT2D eigenvalue weighted by Gasteiger charge is 2.24. The average molecular weight is 311 g/mol. The van der Waals surface area contributed by atoms with Gasteiger partial charge in [-0.1, -0.05) is 19.4 Å². The van der Waals surface area contributed by atoms with Gasteiger partial charge in [-0.05, 0) is 17.9 Å². The van der Waals surface area contributed by atoms with Crippen molar-refractivity contribution in [1.29, 1.82) is 0 Å². The monoisotopic (exact) mass is 311 g/mol. The van der Waals surface area contributed by atoms with Crippen molar-refractivity contribution >= 4 is 17.2 Å². The molecule has 0 aromatic carbocycles. The van der Waals surface area contributed by atoms with Gasteiger partial charge >= 0.3 is 0 Å². The molecule has 2 rings (SSSR count). The molecule has 1 aromatic heterocycles. The van der Waals surface area contributed by atoms with Gasteiger partial charge in [0.2, 0.25) is 5.91 Å². The van der Waals surface area contributed by atoms with Crippen LogP contribution in [0, 0.1) is 0 Å². The predicted octanol–water partition coefficient (Wildman–Crippen LogP) is 1.36. The number of morpholine rings is 1. The summed E-state index contributed by atoms with van der Waals surface area (Å²) in [6, 6.07) is 4.00. The zero-order valence-corrected chi connectivity index (χ0v) is 13.4. The molecular formula is C15H25N3O2S. The van der Waals surface area contributed by atoms with Crippen molar-refractivity contribution in [2.45, 2.75) is 31.8 Å². The molecule has 118 valence electrons. The molecule has 0 bridgehead atoms. The molecule has 21 heavy (non-hydrogen) atoms. The van der Waals surface area contributed by atoms with Crippen LogP contribution in [0.1, 0.15) is 30.7 Å². The van der Waals surface area contributed by atoms with Gasteiger partial charge in [-0.3, -0.25) is 9.69 Å². The van der Waals surface area contributed by atoms with Crippen LogP contribution >= 0.6 is 11.3 Å². The lowest BCUT2D eigenvalue weighted by atomic mass is 10.1. The minimum atomic E-state index is -0.399. The molecule has 2 unspecified atom stereocenters. The van der Waals surface area contributed by atoms with Gasteiger partial charge in [-0.15, -0.1) is 11.3 Å². The van der Waals surface area contributed by atoms with Crippen LogP contribution in [0.15, 0.2) is 17.5 Å². The van der Waals surface area contributed by atoms with Crippen LogP contribution in [0.5, 0.6) is 0 Å². The largest absolute Gasteiger partial charge is 0.379 e. The zero-order chi connectivity index (χ0) is 15.1. The summed E-state index contributed by atoms with van der Waals surface area (Å²) < 4.78 is 5.42. The van der Waals surface area contributed by atoms with E-state index in [0.717, 1.165) is 39.1 Å². The Labute approximate surface area is 130 Å². The van der Waals surface area contributed by atoms with Crippen molar-refractivity contribution in [3.63, 3.8) is 0 Å². The molecular weight excluding hydrogens is 286 g/mol. The molecule has 0 radical (unpaired) electrons. The van der Waals surface area contributed by atoms with Gasteiger partial charge in [0.15, 0.2) is 0 Å². The molecule has 1 aromatic rings. The summed E-state index contributed by atoms with van der Waals surface area (Å²) in [5, 5.41) is 5.09. The highest BCUT2D eigenvalue weighted by Crippen LogP contribution is 2.25. The van der Waals surface area contributed by atoms with Gasteiger partial charge in [0, 0.05) is 24.5 Å². The number of hydrogen-bond acceptors (Lipinski definition) is 5. The number of carbonyl (C=O) groups is 1. The van der Waals surface area contributed by atoms with Gasteiger partial charge in [-0.2, -0.15) is 0 Å². The molecule has 5 nitrogen and oxygen atoms in total. The van der Waals surface area contributed by atoms with E-state index >= 15 is 0 Å². The van der Waals surface area contributed by atoms with Gasteiger partial charge in [0.25, 0.3) is 0 Å². The van der Waals surface area contributed by atoms with Gasteiger partial charge in [0.1, 0.15) is 0 Å². The summed E-state index contributed by atoms with van der Waals surface area (Å²) in [6.07, 6.45) is 1.65. The fourth-order valence-electron chi connectivity index (χ4n) is 2.55. The summed E-state index contributed by atoms with van der Waals surface area (Å²) in [6.45, 7) is 5.96. The molecule has 1 saturated heterocycles. The maximum Gasteiger partial charge on any atom is 0.236 e. The number of nitrogens with one attached hydrogen (secondary N) is 1. The van der Waals surface area contributed by atoms with E-state index in [0.29, 0.717) is 6.54 Å². The Balaban J connectivity index is 1.94. The summed E-state index contributed by atoms with van der Waals surface area (Å²) >= 11 is 1.73. The Bertz CT molecular complexity index is 419. The first-order valence-corrected chi connectivity index (χ1v) is 8.48. The van der Waals surface area contributed by atoms with E-state index in [2.05, 4.69) is 27.7 Å². The number of rotatable bonds is 7. The molecule has 0 aliphatic carbocycles. The number of amides is 1. The van der Waals surface area contributed by atoms with Crippen LogP contribution in [-0.4, -0.2) is 49.7 Å². The van der Waals surface area contributed by atoms with E-state index in [9.17, 15) is 4.79 Å². The summed E-state index contributed by atoms with van der Waals surface area (Å²) in [5.41, 5.74) is 5.87. The van der Waals surface area contributed by atoms with Crippen LogP contribution in [0.2, 0.25) is 0 Å². The topological polar surface area (TPSA) is 67.6 Å². The third kappa shape index (κ3) is 4.78. The third-order valence-corrected chi connectivity index (χ3v) is 4.74. The van der Waals surface area contributed by atoms with Crippen LogP contribution in [0.25, 0.3) is 0 Å². The molecule has 3 N–H and O–H groups in total. The molecule has 2 heterocycles. The molecule has 1 aliphatic heterocycles. The predicted molar refractivity (Wildman–Crippen MR) is 85.3 cm³/mol. The minimum absolute atomic E-state index is 0.0494. The SMILES string of the molecule is CCCC(N)C(=O)NCC(c1cccs1)N1CCOCC1. The highest BCUT2D eigenvalue weighted by molar-refractivity contribution is 7.10. The fraction of sp³-hybridized carbons (Fsp3) is 0.667. The lowest BCUT2D eigenvalue weighted by molar-refractivity contribution is -0.122. The van der Waals surface area contributed by atoms with Crippen LogP contribution in [0.3, 0.4) is 0 Å². The highest BCUT2D eigenvalue weighted by atomic mass is 32.1. The second-order valence-corrected chi connectivity index (χ2v) is 6.30. The first kappa shape index (κ1) is 16.4. The normalized spacial score (nSPS) is 19.1. The van der Waals surface area contributed by atoms with Crippen molar-refractivity contribution in [3.05, 3.63) is 22.4 Å². The summed E-state index contributed by atoms with van der Waals surface area (Å²) in [5.74, 6) is -0.0494. The van der Waals surface area contributed by atoms with Crippen LogP contribution in [-0.2, 0) is 9.53 Å². The minimum Gasteiger partial charge on any atom is -0.379 e. The number of nitrogens with two attached hydrogens (primary N) is 1. The number of carbonyl (C=O) groups excluding carboxylic acids is 1. The quantitative estimate of drug-likeness (QED) is 0.798. The van der Waals surface area contributed by atoms with E-state index < -0.39 is 6.04 Å². The standard InChI is InChI=1S/C15H25N3O2S/c1-2-4-12(16)15(19)17-11-13(14-5-3-10-21-14)18-6-8-20-9-7-18/h3,5,10,12-13H,2,4,6-9,11,16H2,1H3,(H,17,19). The number of nitrogens with zero attached hydrogens (tertiary/aromatic N) is 1. The van der Waals surface area contributed by atoms with Gasteiger partial charge in [0.05, 0.1) is 25.3 Å². The first-order chi connectivity index (χ1) is 10.2. The van der Waals surface area contributed by atoms with Crippen molar-refractivity contribution in [1.82, 2.24) is 10.2 Å². The lowest BCUT2D eigenvalue weighted by Crippen LogP contribution is -2.47. The molecule has 1 amide bonds. The van der Waals surface area contributed by atoms with Crippen molar-refractivity contribution in [2.24, 2.45) is 5.73 Å². The Morgan fingerprint density at radius 1 is 1.52 bits per heavy atom. The smallest absolute Gasteiger partial charge is 0.236 e. The summed E-state index contributed by atoms with van der Waals surface area (Å²) in [4.78, 5) is 15.7. The van der Waals surface area contributed by atoms with Gasteiger partial charge in [-0.25, -0.2) is 0 Å². The average Bonchev–Trinajstić information content (AvgIpc) is 3.03. The van der Waals surface area contributed by atoms with E-state index in [4.69, 9.17) is 10.5 Å². The third-order valence-electron chi connectivity index (χ3n) is 3.76. The Morgan fingerprint density at radius 2 is 2.29 bits per heavy atom. The van der Waals surface area contributed by atoms with Crippen LogP contribution < -0.4 is 11.1 Å². The second kappa shape index (κ2) is 8.48. The van der Waals surface area contributed by atoms with Crippen molar-refractivity contribution in [3.8, 4) is 0 Å². The summed E-state index contributed by atoms with van der Waals surface area (Å²) in [7, 11) is 0. The number of ether oxygens (including phenoxy) is 1. The molecule has 2 atom stereocenters. The van der Waals surface area contributed by atoms with E-state index in [1.54, 1.807) is 11.3 Å². The first-order valence-electron chi connectivity index (χ1n) is 7.61.